The van der Waals surface area contributed by atoms with Crippen molar-refractivity contribution in [3.8, 4) is 11.5 Å². The van der Waals surface area contributed by atoms with Crippen LogP contribution in [0, 0.1) is 0 Å². The number of halogens is 3. The van der Waals surface area contributed by atoms with E-state index in [1.807, 2.05) is 18.2 Å². The van der Waals surface area contributed by atoms with Crippen molar-refractivity contribution in [2.45, 2.75) is 11.8 Å². The molecule has 3 rings (SSSR count). The van der Waals surface area contributed by atoms with E-state index in [0.29, 0.717) is 38.3 Å². The predicted molar refractivity (Wildman–Crippen MR) is 108 cm³/mol. The molecule has 0 saturated heterocycles. The molecular weight excluding hydrogens is 429 g/mol. The van der Waals surface area contributed by atoms with Crippen molar-refractivity contribution >= 4 is 52.5 Å². The van der Waals surface area contributed by atoms with Crippen molar-refractivity contribution in [3.05, 3.63) is 63.1 Å². The summed E-state index contributed by atoms with van der Waals surface area (Å²) in [6.45, 7) is 0.422. The highest BCUT2D eigenvalue weighted by molar-refractivity contribution is 7.99. The van der Waals surface area contributed by atoms with Gasteiger partial charge in [-0.3, -0.25) is 4.79 Å². The number of aromatic nitrogens is 2. The molecule has 0 atom stereocenters. The first kappa shape index (κ1) is 20.0. The summed E-state index contributed by atoms with van der Waals surface area (Å²) in [6, 6.07) is 12.5. The SMILES string of the molecule is CN(Cc1ccc(Cl)c(Cl)c1)C(=O)CSc1nnc(-c2ccccc2Cl)o1. The van der Waals surface area contributed by atoms with Crippen LogP contribution < -0.4 is 0 Å². The number of rotatable bonds is 6. The first-order chi connectivity index (χ1) is 12.9. The van der Waals surface area contributed by atoms with Crippen LogP contribution in [0.1, 0.15) is 5.56 Å². The highest BCUT2D eigenvalue weighted by Crippen LogP contribution is 2.29. The fourth-order valence-electron chi connectivity index (χ4n) is 2.25. The maximum atomic E-state index is 12.3. The molecule has 1 amide bonds. The Labute approximate surface area is 175 Å². The maximum Gasteiger partial charge on any atom is 0.277 e. The van der Waals surface area contributed by atoms with Gasteiger partial charge in [-0.2, -0.15) is 0 Å². The number of amides is 1. The van der Waals surface area contributed by atoms with Gasteiger partial charge < -0.3 is 9.32 Å². The second-order valence-corrected chi connectivity index (χ2v) is 7.79. The smallest absolute Gasteiger partial charge is 0.277 e. The van der Waals surface area contributed by atoms with Crippen molar-refractivity contribution < 1.29 is 9.21 Å². The molecule has 5 nitrogen and oxygen atoms in total. The highest BCUT2D eigenvalue weighted by atomic mass is 35.5. The van der Waals surface area contributed by atoms with Crippen molar-refractivity contribution in [1.82, 2.24) is 15.1 Å². The summed E-state index contributed by atoms with van der Waals surface area (Å²) in [6.07, 6.45) is 0. The molecule has 27 heavy (non-hydrogen) atoms. The minimum Gasteiger partial charge on any atom is -0.411 e. The van der Waals surface area contributed by atoms with Crippen LogP contribution in [0.5, 0.6) is 0 Å². The Morgan fingerprint density at radius 2 is 1.85 bits per heavy atom. The van der Waals surface area contributed by atoms with Gasteiger partial charge in [0.05, 0.1) is 26.4 Å². The van der Waals surface area contributed by atoms with Gasteiger partial charge in [0, 0.05) is 13.6 Å². The number of benzene rings is 2. The topological polar surface area (TPSA) is 59.2 Å². The van der Waals surface area contributed by atoms with E-state index in [1.165, 1.54) is 11.8 Å². The summed E-state index contributed by atoms with van der Waals surface area (Å²) in [4.78, 5) is 13.9. The van der Waals surface area contributed by atoms with E-state index < -0.39 is 0 Å². The fourth-order valence-corrected chi connectivity index (χ4v) is 3.49. The summed E-state index contributed by atoms with van der Waals surface area (Å²) in [7, 11) is 1.72. The van der Waals surface area contributed by atoms with Crippen LogP contribution in [0.25, 0.3) is 11.5 Å². The molecule has 0 unspecified atom stereocenters. The molecule has 0 saturated carbocycles. The van der Waals surface area contributed by atoms with Gasteiger partial charge >= 0.3 is 0 Å². The second-order valence-electron chi connectivity index (χ2n) is 5.64. The van der Waals surface area contributed by atoms with E-state index in [0.717, 1.165) is 5.56 Å². The minimum atomic E-state index is -0.0800. The maximum absolute atomic E-state index is 12.3. The Kier molecular flexibility index (Phi) is 6.65. The molecule has 0 aliphatic heterocycles. The monoisotopic (exact) mass is 441 g/mol. The van der Waals surface area contributed by atoms with Gasteiger partial charge in [0.2, 0.25) is 11.8 Å². The molecule has 0 bridgehead atoms. The molecule has 0 fully saturated rings. The second kappa shape index (κ2) is 8.97. The van der Waals surface area contributed by atoms with Crippen LogP contribution in [0.4, 0.5) is 0 Å². The number of carbonyl (C=O) groups excluding carboxylic acids is 1. The third-order valence-corrected chi connectivity index (χ3v) is 5.53. The van der Waals surface area contributed by atoms with E-state index in [1.54, 1.807) is 36.2 Å². The lowest BCUT2D eigenvalue weighted by Crippen LogP contribution is -2.27. The third kappa shape index (κ3) is 5.17. The average Bonchev–Trinajstić information content (AvgIpc) is 3.12. The highest BCUT2D eigenvalue weighted by Gasteiger charge is 2.15. The van der Waals surface area contributed by atoms with Gasteiger partial charge in [0.25, 0.3) is 5.22 Å². The van der Waals surface area contributed by atoms with Crippen molar-refractivity contribution in [3.63, 3.8) is 0 Å². The van der Waals surface area contributed by atoms with Gasteiger partial charge in [-0.1, -0.05) is 64.8 Å². The average molecular weight is 443 g/mol. The Morgan fingerprint density at radius 1 is 1.07 bits per heavy atom. The standard InChI is InChI=1S/C18H14Cl3N3O2S/c1-24(9-11-6-7-14(20)15(21)8-11)16(25)10-27-18-23-22-17(26-18)12-4-2-3-5-13(12)19/h2-8H,9-10H2,1H3. The molecule has 0 spiro atoms. The molecule has 2 aromatic carbocycles. The Hall–Kier alpha value is -1.73. The zero-order valence-corrected chi connectivity index (χ0v) is 17.2. The van der Waals surface area contributed by atoms with Gasteiger partial charge in [0.15, 0.2) is 0 Å². The zero-order valence-electron chi connectivity index (χ0n) is 14.2. The van der Waals surface area contributed by atoms with Crippen molar-refractivity contribution in [2.75, 3.05) is 12.8 Å². The first-order valence-electron chi connectivity index (χ1n) is 7.83. The third-order valence-electron chi connectivity index (χ3n) is 3.66. The van der Waals surface area contributed by atoms with E-state index in [4.69, 9.17) is 39.2 Å². The summed E-state index contributed by atoms with van der Waals surface area (Å²) in [5.74, 6) is 0.408. The quantitative estimate of drug-likeness (QED) is 0.475. The molecule has 3 aromatic rings. The van der Waals surface area contributed by atoms with E-state index in [-0.39, 0.29) is 11.7 Å². The Balaban J connectivity index is 1.57. The van der Waals surface area contributed by atoms with E-state index in [2.05, 4.69) is 10.2 Å². The molecule has 0 aliphatic rings. The van der Waals surface area contributed by atoms with Crippen LogP contribution in [0.2, 0.25) is 15.1 Å². The van der Waals surface area contributed by atoms with Gasteiger partial charge in [-0.15, -0.1) is 10.2 Å². The molecule has 0 radical (unpaired) electrons. The van der Waals surface area contributed by atoms with Gasteiger partial charge in [-0.05, 0) is 29.8 Å². The van der Waals surface area contributed by atoms with Crippen LogP contribution in [-0.2, 0) is 11.3 Å². The van der Waals surface area contributed by atoms with Crippen LogP contribution in [0.15, 0.2) is 52.1 Å². The van der Waals surface area contributed by atoms with Crippen LogP contribution >= 0.6 is 46.6 Å². The summed E-state index contributed by atoms with van der Waals surface area (Å²) >= 11 is 19.2. The first-order valence-corrected chi connectivity index (χ1v) is 9.95. The molecule has 0 aliphatic carbocycles. The molecule has 9 heteroatoms. The minimum absolute atomic E-state index is 0.0800. The molecule has 1 aromatic heterocycles. The van der Waals surface area contributed by atoms with E-state index >= 15 is 0 Å². The van der Waals surface area contributed by atoms with Crippen molar-refractivity contribution in [1.29, 1.82) is 0 Å². The number of nitrogens with zero attached hydrogens (tertiary/aromatic N) is 3. The number of hydrogen-bond acceptors (Lipinski definition) is 5. The van der Waals surface area contributed by atoms with E-state index in [9.17, 15) is 4.79 Å². The summed E-state index contributed by atoms with van der Waals surface area (Å²) < 4.78 is 5.58. The largest absolute Gasteiger partial charge is 0.411 e. The predicted octanol–water partition coefficient (Wildman–Crippen LogP) is 5.45. The molecule has 1 heterocycles. The zero-order chi connectivity index (χ0) is 19.4. The molecule has 0 N–H and O–H groups in total. The summed E-state index contributed by atoms with van der Waals surface area (Å²) in [5, 5.41) is 9.71. The fraction of sp³-hybridized carbons (Fsp3) is 0.167. The molecular formula is C18H14Cl3N3O2S. The van der Waals surface area contributed by atoms with Gasteiger partial charge in [0.1, 0.15) is 0 Å². The normalized spacial score (nSPS) is 10.8. The molecule has 140 valence electrons. The Bertz CT molecular complexity index is 965. The van der Waals surface area contributed by atoms with Gasteiger partial charge in [-0.25, -0.2) is 0 Å². The lowest BCUT2D eigenvalue weighted by Gasteiger charge is -2.17. The number of carbonyl (C=O) groups is 1. The summed E-state index contributed by atoms with van der Waals surface area (Å²) in [5.41, 5.74) is 1.55. The lowest BCUT2D eigenvalue weighted by molar-refractivity contribution is -0.127. The number of thioether (sulfide) groups is 1. The number of hydrogen-bond donors (Lipinski definition) is 0. The Morgan fingerprint density at radius 3 is 2.59 bits per heavy atom. The van der Waals surface area contributed by atoms with Crippen LogP contribution in [0.3, 0.4) is 0 Å². The van der Waals surface area contributed by atoms with Crippen LogP contribution in [-0.4, -0.2) is 33.8 Å². The lowest BCUT2D eigenvalue weighted by atomic mass is 10.2. The van der Waals surface area contributed by atoms with Crippen molar-refractivity contribution in [2.24, 2.45) is 0 Å².